The molecule has 21 heavy (non-hydrogen) atoms. The van der Waals surface area contributed by atoms with Crippen molar-refractivity contribution < 1.29 is 9.16 Å². The van der Waals surface area contributed by atoms with Crippen LogP contribution in [-0.4, -0.2) is 27.1 Å². The third-order valence-corrected chi connectivity index (χ3v) is 7.92. The molecule has 0 radical (unpaired) electrons. The maximum absolute atomic E-state index is 5.88. The highest BCUT2D eigenvalue weighted by atomic mass is 28.4. The lowest BCUT2D eigenvalue weighted by molar-refractivity contribution is 0.327. The number of unbranched alkanes of at least 4 members (excludes halogenated alkanes) is 5. The Hall–Kier alpha value is 0.137. The van der Waals surface area contributed by atoms with Crippen LogP contribution in [0.25, 0.3) is 0 Å². The molecule has 0 aromatic heterocycles. The van der Waals surface area contributed by atoms with E-state index in [1.165, 1.54) is 70.3 Å². The Kier molecular flexibility index (Phi) is 7.23. The minimum Gasteiger partial charge on any atom is -0.418 e. The number of hydrogen-bond donors (Lipinski definition) is 0. The van der Waals surface area contributed by atoms with Crippen molar-refractivity contribution in [2.24, 2.45) is 5.92 Å². The molecule has 0 amide bonds. The van der Waals surface area contributed by atoms with Crippen LogP contribution in [0.3, 0.4) is 0 Å². The van der Waals surface area contributed by atoms with Gasteiger partial charge in [0.2, 0.25) is 0 Å². The zero-order valence-electron chi connectivity index (χ0n) is 14.5. The van der Waals surface area contributed by atoms with Gasteiger partial charge in [-0.25, -0.2) is 0 Å². The van der Waals surface area contributed by atoms with Gasteiger partial charge in [-0.3, -0.25) is 0 Å². The van der Waals surface area contributed by atoms with Crippen LogP contribution in [0.5, 0.6) is 0 Å². The second-order valence-corrected chi connectivity index (χ2v) is 12.1. The molecule has 2 nitrogen and oxygen atoms in total. The average molecular weight is 313 g/mol. The average Bonchev–Trinajstić information content (AvgIpc) is 3.20. The molecule has 1 heterocycles. The molecule has 2 rings (SSSR count). The van der Waals surface area contributed by atoms with Crippen LogP contribution >= 0.6 is 0 Å². The van der Waals surface area contributed by atoms with Crippen LogP contribution in [-0.2, 0) is 9.16 Å². The van der Waals surface area contributed by atoms with Crippen molar-refractivity contribution in [1.82, 2.24) is 0 Å². The van der Waals surface area contributed by atoms with Crippen molar-refractivity contribution in [3.05, 3.63) is 0 Å². The minimum absolute atomic E-state index is 0.668. The summed E-state index contributed by atoms with van der Waals surface area (Å²) < 4.78 is 11.5. The van der Waals surface area contributed by atoms with Gasteiger partial charge >= 0.3 is 0 Å². The molecule has 124 valence electrons. The zero-order valence-corrected chi connectivity index (χ0v) is 15.5. The molecule has 2 fully saturated rings. The number of epoxide rings is 1. The molecule has 1 saturated heterocycles. The number of rotatable bonds is 11. The molecular formula is C18H36O2Si. The van der Waals surface area contributed by atoms with Gasteiger partial charge in [0.05, 0.1) is 12.2 Å². The Labute approximate surface area is 133 Å². The van der Waals surface area contributed by atoms with Crippen molar-refractivity contribution >= 4 is 8.32 Å². The topological polar surface area (TPSA) is 21.8 Å². The first-order chi connectivity index (χ1) is 10.1. The molecule has 3 unspecified atom stereocenters. The van der Waals surface area contributed by atoms with Crippen LogP contribution < -0.4 is 0 Å². The first-order valence-corrected chi connectivity index (χ1v) is 12.5. The minimum atomic E-state index is -1.32. The van der Waals surface area contributed by atoms with Gasteiger partial charge in [-0.15, -0.1) is 0 Å². The summed E-state index contributed by atoms with van der Waals surface area (Å²) in [4.78, 5) is 0. The largest absolute Gasteiger partial charge is 0.418 e. The van der Waals surface area contributed by atoms with E-state index in [1.54, 1.807) is 0 Å². The third kappa shape index (κ3) is 6.83. The quantitative estimate of drug-likeness (QED) is 0.284. The normalized spacial score (nSPS) is 28.4. The van der Waals surface area contributed by atoms with Gasteiger partial charge in [0.1, 0.15) is 0 Å². The van der Waals surface area contributed by atoms with Crippen LogP contribution in [0.2, 0.25) is 19.1 Å². The van der Waals surface area contributed by atoms with Gasteiger partial charge in [0, 0.05) is 6.61 Å². The smallest absolute Gasteiger partial charge is 0.186 e. The van der Waals surface area contributed by atoms with Crippen molar-refractivity contribution in [3.8, 4) is 0 Å². The first kappa shape index (κ1) is 17.5. The lowest BCUT2D eigenvalue weighted by Crippen LogP contribution is -2.29. The van der Waals surface area contributed by atoms with E-state index in [1.807, 2.05) is 0 Å². The van der Waals surface area contributed by atoms with Gasteiger partial charge in [0.25, 0.3) is 0 Å². The van der Waals surface area contributed by atoms with E-state index in [4.69, 9.17) is 9.16 Å². The van der Waals surface area contributed by atoms with Crippen LogP contribution in [0.1, 0.15) is 71.1 Å². The second-order valence-electron chi connectivity index (χ2n) is 7.74. The Bertz CT molecular complexity index is 293. The monoisotopic (exact) mass is 312 g/mol. The van der Waals surface area contributed by atoms with Gasteiger partial charge in [-0.1, -0.05) is 44.9 Å². The predicted octanol–water partition coefficient (Wildman–Crippen LogP) is 5.53. The fourth-order valence-corrected chi connectivity index (χ4v) is 5.93. The first-order valence-electron chi connectivity index (χ1n) is 9.40. The van der Waals surface area contributed by atoms with Gasteiger partial charge in [-0.2, -0.15) is 0 Å². The molecule has 0 aromatic rings. The number of ether oxygens (including phenoxy) is 1. The lowest BCUT2D eigenvalue weighted by atomic mass is 9.85. The SMILES string of the molecule is CCO[Si](C)(C)CCCCCCCCC1CCC2OC2C1. The third-order valence-electron chi connectivity index (χ3n) is 5.29. The van der Waals surface area contributed by atoms with Crippen molar-refractivity contribution in [3.63, 3.8) is 0 Å². The van der Waals surface area contributed by atoms with E-state index < -0.39 is 8.32 Å². The maximum Gasteiger partial charge on any atom is 0.186 e. The number of hydrogen-bond acceptors (Lipinski definition) is 2. The van der Waals surface area contributed by atoms with Crippen molar-refractivity contribution in [1.29, 1.82) is 0 Å². The molecular weight excluding hydrogens is 276 g/mol. The fourth-order valence-electron chi connectivity index (χ4n) is 3.90. The van der Waals surface area contributed by atoms with Gasteiger partial charge in [-0.05, 0) is 51.2 Å². The molecule has 0 spiro atoms. The summed E-state index contributed by atoms with van der Waals surface area (Å²) in [6, 6.07) is 1.34. The molecule has 0 N–H and O–H groups in total. The van der Waals surface area contributed by atoms with E-state index in [0.717, 1.165) is 12.5 Å². The maximum atomic E-state index is 5.88. The molecule has 0 bridgehead atoms. The van der Waals surface area contributed by atoms with Crippen molar-refractivity contribution in [2.45, 2.75) is 102 Å². The van der Waals surface area contributed by atoms with Crippen molar-refractivity contribution in [2.75, 3.05) is 6.61 Å². The highest BCUT2D eigenvalue weighted by molar-refractivity contribution is 6.71. The van der Waals surface area contributed by atoms with Gasteiger partial charge < -0.3 is 9.16 Å². The Morgan fingerprint density at radius 1 is 0.952 bits per heavy atom. The zero-order chi connectivity index (χ0) is 15.1. The molecule has 3 atom stereocenters. The molecule has 3 heteroatoms. The summed E-state index contributed by atoms with van der Waals surface area (Å²) in [6.45, 7) is 7.73. The van der Waals surface area contributed by atoms with E-state index >= 15 is 0 Å². The molecule has 0 aromatic carbocycles. The second kappa shape index (κ2) is 8.69. The van der Waals surface area contributed by atoms with Gasteiger partial charge in [0.15, 0.2) is 8.32 Å². The van der Waals surface area contributed by atoms with E-state index in [2.05, 4.69) is 20.0 Å². The standard InChI is InChI=1S/C18H36O2Si/c1-4-19-21(2,3)14-10-8-6-5-7-9-11-16-12-13-17-18(15-16)20-17/h16-18H,4-15H2,1-3H3. The Morgan fingerprint density at radius 2 is 1.67 bits per heavy atom. The lowest BCUT2D eigenvalue weighted by Gasteiger charge is -2.21. The van der Waals surface area contributed by atoms with E-state index in [-0.39, 0.29) is 0 Å². The van der Waals surface area contributed by atoms with Crippen LogP contribution in [0.15, 0.2) is 0 Å². The van der Waals surface area contributed by atoms with E-state index in [9.17, 15) is 0 Å². The van der Waals surface area contributed by atoms with Crippen LogP contribution in [0.4, 0.5) is 0 Å². The molecule has 1 aliphatic heterocycles. The summed E-state index contributed by atoms with van der Waals surface area (Å²) in [5.74, 6) is 0.978. The Morgan fingerprint density at radius 3 is 2.38 bits per heavy atom. The predicted molar refractivity (Wildman–Crippen MR) is 92.2 cm³/mol. The molecule has 2 aliphatic rings. The number of fused-ring (bicyclic) bond motifs is 1. The molecule has 1 saturated carbocycles. The highest BCUT2D eigenvalue weighted by Gasteiger charge is 2.43. The summed E-state index contributed by atoms with van der Waals surface area (Å²) in [6.07, 6.45) is 15.5. The summed E-state index contributed by atoms with van der Waals surface area (Å²) in [7, 11) is -1.32. The Balaban J connectivity index is 1.37. The molecule has 1 aliphatic carbocycles. The summed E-state index contributed by atoms with van der Waals surface area (Å²) in [5.41, 5.74) is 0. The van der Waals surface area contributed by atoms with E-state index in [0.29, 0.717) is 12.2 Å². The summed E-state index contributed by atoms with van der Waals surface area (Å²) >= 11 is 0. The van der Waals surface area contributed by atoms with Crippen LogP contribution in [0, 0.1) is 5.92 Å². The fraction of sp³-hybridized carbons (Fsp3) is 1.00. The highest BCUT2D eigenvalue weighted by Crippen LogP contribution is 2.41. The summed E-state index contributed by atoms with van der Waals surface area (Å²) in [5, 5.41) is 0.